The van der Waals surface area contributed by atoms with E-state index in [9.17, 15) is 18.0 Å². The number of hydrogen-bond acceptors (Lipinski definition) is 4. The number of aliphatic carboxylic acids is 1. The van der Waals surface area contributed by atoms with Crippen LogP contribution in [0, 0.1) is 5.92 Å². The molecule has 3 N–H and O–H groups in total. The lowest BCUT2D eigenvalue weighted by atomic mass is 10.0. The largest absolute Gasteiger partial charge is 0.480 e. The molecule has 0 heterocycles. The van der Waals surface area contributed by atoms with Crippen LogP contribution >= 0.6 is 0 Å². The lowest BCUT2D eigenvalue weighted by Crippen LogP contribution is -2.44. The summed E-state index contributed by atoms with van der Waals surface area (Å²) in [5.41, 5.74) is 0.197. The van der Waals surface area contributed by atoms with Crippen molar-refractivity contribution in [3.05, 3.63) is 29.8 Å². The first-order chi connectivity index (χ1) is 10.2. The molecule has 0 bridgehead atoms. The molecular formula is C14H20N2O5S. The van der Waals surface area contributed by atoms with Crippen LogP contribution in [-0.2, 0) is 14.8 Å². The van der Waals surface area contributed by atoms with Gasteiger partial charge in [-0.3, -0.25) is 4.79 Å². The SMILES string of the molecule is CCNS(=O)(=O)c1ccc(C(=O)N[C@H](C(=O)O)C(C)C)cc1. The molecule has 0 aliphatic rings. The van der Waals surface area contributed by atoms with Gasteiger partial charge in [-0.1, -0.05) is 20.8 Å². The molecule has 22 heavy (non-hydrogen) atoms. The number of nitrogens with one attached hydrogen (secondary N) is 2. The number of carboxylic acids is 1. The minimum absolute atomic E-state index is 0.0459. The smallest absolute Gasteiger partial charge is 0.326 e. The van der Waals surface area contributed by atoms with Crippen LogP contribution in [0.4, 0.5) is 0 Å². The molecule has 122 valence electrons. The van der Waals surface area contributed by atoms with Crippen LogP contribution in [0.5, 0.6) is 0 Å². The van der Waals surface area contributed by atoms with E-state index in [0.717, 1.165) is 0 Å². The summed E-state index contributed by atoms with van der Waals surface area (Å²) in [5.74, 6) is -1.95. The Labute approximate surface area is 129 Å². The van der Waals surface area contributed by atoms with E-state index in [1.165, 1.54) is 24.3 Å². The van der Waals surface area contributed by atoms with E-state index in [-0.39, 0.29) is 22.9 Å². The number of amides is 1. The summed E-state index contributed by atoms with van der Waals surface area (Å²) in [6.07, 6.45) is 0. The second kappa shape index (κ2) is 7.37. The van der Waals surface area contributed by atoms with Crippen molar-refractivity contribution in [2.45, 2.75) is 31.7 Å². The van der Waals surface area contributed by atoms with E-state index in [4.69, 9.17) is 5.11 Å². The number of carbonyl (C=O) groups is 2. The van der Waals surface area contributed by atoms with Crippen LogP contribution in [0.25, 0.3) is 0 Å². The van der Waals surface area contributed by atoms with Crippen molar-refractivity contribution in [3.8, 4) is 0 Å². The summed E-state index contributed by atoms with van der Waals surface area (Å²) < 4.78 is 25.9. The highest BCUT2D eigenvalue weighted by atomic mass is 32.2. The molecule has 0 fully saturated rings. The zero-order valence-corrected chi connectivity index (χ0v) is 13.5. The van der Waals surface area contributed by atoms with Gasteiger partial charge in [0, 0.05) is 12.1 Å². The van der Waals surface area contributed by atoms with Crippen LogP contribution in [0.15, 0.2) is 29.2 Å². The first-order valence-electron chi connectivity index (χ1n) is 6.82. The van der Waals surface area contributed by atoms with Gasteiger partial charge in [0.05, 0.1) is 4.90 Å². The van der Waals surface area contributed by atoms with Gasteiger partial charge in [0.1, 0.15) is 6.04 Å². The number of hydrogen-bond donors (Lipinski definition) is 3. The van der Waals surface area contributed by atoms with Gasteiger partial charge >= 0.3 is 5.97 Å². The maximum atomic E-state index is 12.0. The lowest BCUT2D eigenvalue weighted by Gasteiger charge is -2.17. The number of carbonyl (C=O) groups excluding carboxylic acids is 1. The predicted octanol–water partition coefficient (Wildman–Crippen LogP) is 0.824. The average Bonchev–Trinajstić information content (AvgIpc) is 2.43. The molecule has 0 unspecified atom stereocenters. The Morgan fingerprint density at radius 2 is 1.73 bits per heavy atom. The molecule has 1 amide bonds. The molecule has 0 saturated carbocycles. The predicted molar refractivity (Wildman–Crippen MR) is 81.0 cm³/mol. The molecule has 1 aromatic rings. The maximum Gasteiger partial charge on any atom is 0.326 e. The molecule has 0 aromatic heterocycles. The second-order valence-corrected chi connectivity index (χ2v) is 6.83. The van der Waals surface area contributed by atoms with Crippen LogP contribution in [0.2, 0.25) is 0 Å². The fraction of sp³-hybridized carbons (Fsp3) is 0.429. The second-order valence-electron chi connectivity index (χ2n) is 5.06. The maximum absolute atomic E-state index is 12.0. The highest BCUT2D eigenvalue weighted by Gasteiger charge is 2.24. The highest BCUT2D eigenvalue weighted by molar-refractivity contribution is 7.89. The fourth-order valence-corrected chi connectivity index (χ4v) is 2.84. The summed E-state index contributed by atoms with van der Waals surface area (Å²) in [6, 6.07) is 4.30. The summed E-state index contributed by atoms with van der Waals surface area (Å²) in [5, 5.41) is 11.5. The van der Waals surface area contributed by atoms with E-state index >= 15 is 0 Å². The average molecular weight is 328 g/mol. The van der Waals surface area contributed by atoms with Crippen molar-refractivity contribution < 1.29 is 23.1 Å². The Hall–Kier alpha value is -1.93. The fourth-order valence-electron chi connectivity index (χ4n) is 1.80. The molecule has 7 nitrogen and oxygen atoms in total. The standard InChI is InChI=1S/C14H20N2O5S/c1-4-15-22(20,21)11-7-5-10(6-8-11)13(17)16-12(9(2)3)14(18)19/h5-9,12,15H,4H2,1-3H3,(H,16,17)(H,18,19)/t12-/m0/s1. The van der Waals surface area contributed by atoms with E-state index in [0.29, 0.717) is 0 Å². The Balaban J connectivity index is 2.91. The molecular weight excluding hydrogens is 308 g/mol. The molecule has 1 aromatic carbocycles. The minimum Gasteiger partial charge on any atom is -0.480 e. The zero-order chi connectivity index (χ0) is 16.9. The van der Waals surface area contributed by atoms with E-state index in [1.807, 2.05) is 0 Å². The monoisotopic (exact) mass is 328 g/mol. The summed E-state index contributed by atoms with van der Waals surface area (Å²) in [4.78, 5) is 23.1. The van der Waals surface area contributed by atoms with Crippen molar-refractivity contribution in [2.75, 3.05) is 6.54 Å². The molecule has 0 radical (unpaired) electrons. The van der Waals surface area contributed by atoms with Crippen LogP contribution in [0.3, 0.4) is 0 Å². The summed E-state index contributed by atoms with van der Waals surface area (Å²) >= 11 is 0. The topological polar surface area (TPSA) is 113 Å². The first-order valence-corrected chi connectivity index (χ1v) is 8.30. The lowest BCUT2D eigenvalue weighted by molar-refractivity contribution is -0.140. The normalized spacial score (nSPS) is 12.9. The van der Waals surface area contributed by atoms with Gasteiger partial charge in [-0.15, -0.1) is 0 Å². The summed E-state index contributed by atoms with van der Waals surface area (Å²) in [6.45, 7) is 5.30. The van der Waals surface area contributed by atoms with Gasteiger partial charge in [0.15, 0.2) is 0 Å². The van der Waals surface area contributed by atoms with E-state index in [1.54, 1.807) is 20.8 Å². The van der Waals surface area contributed by atoms with Crippen molar-refractivity contribution >= 4 is 21.9 Å². The van der Waals surface area contributed by atoms with Gasteiger partial charge in [0.2, 0.25) is 10.0 Å². The van der Waals surface area contributed by atoms with Crippen molar-refractivity contribution in [1.29, 1.82) is 0 Å². The van der Waals surface area contributed by atoms with Gasteiger partial charge in [-0.2, -0.15) is 0 Å². The van der Waals surface area contributed by atoms with Crippen LogP contribution in [0.1, 0.15) is 31.1 Å². The molecule has 1 rings (SSSR count). The minimum atomic E-state index is -3.58. The molecule has 0 aliphatic heterocycles. The number of benzene rings is 1. The third-order valence-electron chi connectivity index (χ3n) is 2.98. The molecule has 0 spiro atoms. The number of carboxylic acid groups (broad SMARTS) is 1. The Morgan fingerprint density at radius 3 is 2.14 bits per heavy atom. The number of rotatable bonds is 7. The van der Waals surface area contributed by atoms with Crippen molar-refractivity contribution in [2.24, 2.45) is 5.92 Å². The first kappa shape index (κ1) is 18.1. The molecule has 0 aliphatic carbocycles. The molecule has 0 saturated heterocycles. The quantitative estimate of drug-likeness (QED) is 0.686. The van der Waals surface area contributed by atoms with Crippen molar-refractivity contribution in [1.82, 2.24) is 10.0 Å². The third kappa shape index (κ3) is 4.54. The molecule has 1 atom stereocenters. The third-order valence-corrected chi connectivity index (χ3v) is 4.54. The van der Waals surface area contributed by atoms with Gasteiger partial charge in [-0.25, -0.2) is 17.9 Å². The van der Waals surface area contributed by atoms with E-state index < -0.39 is 27.9 Å². The summed E-state index contributed by atoms with van der Waals surface area (Å²) in [7, 11) is -3.58. The number of sulfonamides is 1. The highest BCUT2D eigenvalue weighted by Crippen LogP contribution is 2.11. The van der Waals surface area contributed by atoms with Gasteiger partial charge < -0.3 is 10.4 Å². The van der Waals surface area contributed by atoms with Crippen LogP contribution < -0.4 is 10.0 Å². The van der Waals surface area contributed by atoms with Gasteiger partial charge in [0.25, 0.3) is 5.91 Å². The molecule has 8 heteroatoms. The zero-order valence-electron chi connectivity index (χ0n) is 12.7. The Kier molecular flexibility index (Phi) is 6.07. The Morgan fingerprint density at radius 1 is 1.18 bits per heavy atom. The van der Waals surface area contributed by atoms with Crippen molar-refractivity contribution in [3.63, 3.8) is 0 Å². The van der Waals surface area contributed by atoms with E-state index in [2.05, 4.69) is 10.0 Å². The van der Waals surface area contributed by atoms with Crippen LogP contribution in [-0.4, -0.2) is 38.0 Å². The Bertz CT molecular complexity index is 638. The van der Waals surface area contributed by atoms with Gasteiger partial charge in [-0.05, 0) is 30.2 Å².